The summed E-state index contributed by atoms with van der Waals surface area (Å²) in [5, 5.41) is 2.72. The number of nitrogens with one attached hydrogen (secondary N) is 1. The van der Waals surface area contributed by atoms with Crippen LogP contribution in [-0.2, 0) is 0 Å². The van der Waals surface area contributed by atoms with Crippen molar-refractivity contribution < 1.29 is 13.9 Å². The predicted octanol–water partition coefficient (Wildman–Crippen LogP) is 5.00. The van der Waals surface area contributed by atoms with E-state index in [9.17, 15) is 9.18 Å². The van der Waals surface area contributed by atoms with E-state index in [1.807, 2.05) is 6.07 Å². The van der Waals surface area contributed by atoms with Crippen molar-refractivity contribution in [3.05, 3.63) is 56.7 Å². The molecule has 2 aromatic rings. The Morgan fingerprint density at radius 2 is 1.86 bits per heavy atom. The summed E-state index contributed by atoms with van der Waals surface area (Å²) in [5.41, 5.74) is 0.905. The molecule has 0 spiro atoms. The number of ether oxygens (including phenoxy) is 1. The van der Waals surface area contributed by atoms with Gasteiger partial charge in [-0.2, -0.15) is 0 Å². The zero-order chi connectivity index (χ0) is 15.4. The molecule has 3 nitrogen and oxygen atoms in total. The minimum absolute atomic E-state index is 0.301. The molecule has 1 amide bonds. The molecule has 0 heterocycles. The van der Waals surface area contributed by atoms with E-state index in [-0.39, 0.29) is 5.91 Å². The number of amides is 1. The summed E-state index contributed by atoms with van der Waals surface area (Å²) in [6.45, 7) is 2.18. The Bertz CT molecular complexity index is 656. The first kappa shape index (κ1) is 16.0. The first-order valence-corrected chi connectivity index (χ1v) is 7.78. The maximum Gasteiger partial charge on any atom is 0.255 e. The van der Waals surface area contributed by atoms with Crippen molar-refractivity contribution in [1.29, 1.82) is 0 Å². The van der Waals surface area contributed by atoms with Crippen molar-refractivity contribution >= 4 is 43.5 Å². The molecule has 0 aliphatic rings. The van der Waals surface area contributed by atoms with Crippen LogP contribution >= 0.6 is 31.9 Å². The first-order chi connectivity index (χ1) is 9.99. The second-order valence-corrected chi connectivity index (χ2v) is 6.02. The van der Waals surface area contributed by atoms with Crippen molar-refractivity contribution in [3.8, 4) is 5.75 Å². The standard InChI is InChI=1S/C15H12Br2FNO2/c1-2-21-14-8-12(18)3-4-13(14)19-15(20)9-5-10(16)7-11(17)6-9/h3-8H,2H2,1H3,(H,19,20). The minimum atomic E-state index is -0.415. The number of halogens is 3. The van der Waals surface area contributed by atoms with Gasteiger partial charge in [0, 0.05) is 20.6 Å². The van der Waals surface area contributed by atoms with Crippen molar-refractivity contribution in [1.82, 2.24) is 0 Å². The van der Waals surface area contributed by atoms with Crippen LogP contribution in [0.3, 0.4) is 0 Å². The van der Waals surface area contributed by atoms with Crippen LogP contribution in [-0.4, -0.2) is 12.5 Å². The van der Waals surface area contributed by atoms with Gasteiger partial charge in [-0.1, -0.05) is 31.9 Å². The number of benzene rings is 2. The van der Waals surface area contributed by atoms with Crippen molar-refractivity contribution in [2.45, 2.75) is 6.92 Å². The van der Waals surface area contributed by atoms with Gasteiger partial charge in [-0.15, -0.1) is 0 Å². The zero-order valence-electron chi connectivity index (χ0n) is 11.1. The van der Waals surface area contributed by atoms with Gasteiger partial charge in [-0.3, -0.25) is 4.79 Å². The second kappa shape index (κ2) is 7.04. The molecule has 0 unspecified atom stereocenters. The molecule has 0 aliphatic carbocycles. The van der Waals surface area contributed by atoms with Gasteiger partial charge in [0.2, 0.25) is 0 Å². The number of carbonyl (C=O) groups is 1. The maximum absolute atomic E-state index is 13.2. The quantitative estimate of drug-likeness (QED) is 0.761. The maximum atomic E-state index is 13.2. The van der Waals surface area contributed by atoms with E-state index in [1.54, 1.807) is 19.1 Å². The molecule has 0 saturated heterocycles. The second-order valence-electron chi connectivity index (χ2n) is 4.19. The molecule has 2 rings (SSSR count). The molecule has 2 aromatic carbocycles. The zero-order valence-corrected chi connectivity index (χ0v) is 14.3. The molecular weight excluding hydrogens is 405 g/mol. The lowest BCUT2D eigenvalue weighted by atomic mass is 10.2. The van der Waals surface area contributed by atoms with Crippen LogP contribution in [0.1, 0.15) is 17.3 Å². The van der Waals surface area contributed by atoms with Crippen molar-refractivity contribution in [3.63, 3.8) is 0 Å². The summed E-state index contributed by atoms with van der Waals surface area (Å²) in [7, 11) is 0. The van der Waals surface area contributed by atoms with E-state index in [4.69, 9.17) is 4.74 Å². The Morgan fingerprint density at radius 3 is 2.48 bits per heavy atom. The molecule has 0 fully saturated rings. The number of hydrogen-bond acceptors (Lipinski definition) is 2. The van der Waals surface area contributed by atoms with Crippen LogP contribution < -0.4 is 10.1 Å². The van der Waals surface area contributed by atoms with E-state index in [0.29, 0.717) is 23.6 Å². The molecule has 110 valence electrons. The molecule has 1 N–H and O–H groups in total. The third kappa shape index (κ3) is 4.28. The molecule has 0 bridgehead atoms. The van der Waals surface area contributed by atoms with Gasteiger partial charge >= 0.3 is 0 Å². The average molecular weight is 417 g/mol. The highest BCUT2D eigenvalue weighted by atomic mass is 79.9. The summed E-state index contributed by atoms with van der Waals surface area (Å²) < 4.78 is 20.1. The molecular formula is C15H12Br2FNO2. The Balaban J connectivity index is 2.26. The summed E-state index contributed by atoms with van der Waals surface area (Å²) in [5.74, 6) is -0.411. The van der Waals surface area contributed by atoms with Crippen molar-refractivity contribution in [2.75, 3.05) is 11.9 Å². The Morgan fingerprint density at radius 1 is 1.19 bits per heavy atom. The summed E-state index contributed by atoms with van der Waals surface area (Å²) in [6, 6.07) is 9.23. The van der Waals surface area contributed by atoms with Crippen LogP contribution in [0.25, 0.3) is 0 Å². The van der Waals surface area contributed by atoms with Crippen LogP contribution in [0.5, 0.6) is 5.75 Å². The third-order valence-corrected chi connectivity index (χ3v) is 3.53. The summed E-state index contributed by atoms with van der Waals surface area (Å²) >= 11 is 6.66. The van der Waals surface area contributed by atoms with Gasteiger partial charge in [0.15, 0.2) is 0 Å². The number of anilines is 1. The third-order valence-electron chi connectivity index (χ3n) is 2.62. The number of hydrogen-bond donors (Lipinski definition) is 1. The molecule has 0 saturated carbocycles. The number of rotatable bonds is 4. The molecule has 0 aromatic heterocycles. The van der Waals surface area contributed by atoms with E-state index < -0.39 is 5.82 Å². The lowest BCUT2D eigenvalue weighted by Crippen LogP contribution is -2.13. The normalized spacial score (nSPS) is 10.3. The van der Waals surface area contributed by atoms with Gasteiger partial charge in [0.05, 0.1) is 12.3 Å². The highest BCUT2D eigenvalue weighted by Crippen LogP contribution is 2.27. The van der Waals surface area contributed by atoms with Crippen LogP contribution in [0.15, 0.2) is 45.3 Å². The smallest absolute Gasteiger partial charge is 0.255 e. The first-order valence-electron chi connectivity index (χ1n) is 6.19. The lowest BCUT2D eigenvalue weighted by Gasteiger charge is -2.12. The minimum Gasteiger partial charge on any atom is -0.492 e. The molecule has 0 radical (unpaired) electrons. The highest BCUT2D eigenvalue weighted by molar-refractivity contribution is 9.11. The number of carbonyl (C=O) groups excluding carboxylic acids is 1. The summed E-state index contributed by atoms with van der Waals surface area (Å²) in [6.07, 6.45) is 0. The van der Waals surface area contributed by atoms with Crippen LogP contribution in [0.2, 0.25) is 0 Å². The van der Waals surface area contributed by atoms with Gasteiger partial charge in [0.1, 0.15) is 11.6 Å². The monoisotopic (exact) mass is 415 g/mol. The molecule has 0 aliphatic heterocycles. The van der Waals surface area contributed by atoms with Gasteiger partial charge < -0.3 is 10.1 Å². The highest BCUT2D eigenvalue weighted by Gasteiger charge is 2.12. The lowest BCUT2D eigenvalue weighted by molar-refractivity contribution is 0.102. The summed E-state index contributed by atoms with van der Waals surface area (Å²) in [4.78, 5) is 12.3. The molecule has 0 atom stereocenters. The molecule has 6 heteroatoms. The van der Waals surface area contributed by atoms with E-state index in [0.717, 1.165) is 8.95 Å². The van der Waals surface area contributed by atoms with E-state index in [1.165, 1.54) is 18.2 Å². The average Bonchev–Trinajstić information content (AvgIpc) is 2.41. The fourth-order valence-electron chi connectivity index (χ4n) is 1.75. The Hall–Kier alpha value is -1.40. The van der Waals surface area contributed by atoms with Gasteiger partial charge in [0.25, 0.3) is 5.91 Å². The molecule has 21 heavy (non-hydrogen) atoms. The predicted molar refractivity (Wildman–Crippen MR) is 87.4 cm³/mol. The topological polar surface area (TPSA) is 38.3 Å². The van der Waals surface area contributed by atoms with Crippen molar-refractivity contribution in [2.24, 2.45) is 0 Å². The Kier molecular flexibility index (Phi) is 5.36. The van der Waals surface area contributed by atoms with E-state index in [2.05, 4.69) is 37.2 Å². The van der Waals surface area contributed by atoms with Crippen LogP contribution in [0, 0.1) is 5.82 Å². The van der Waals surface area contributed by atoms with Crippen LogP contribution in [0.4, 0.5) is 10.1 Å². The SMILES string of the molecule is CCOc1cc(F)ccc1NC(=O)c1cc(Br)cc(Br)c1. The Labute approximate surface area is 138 Å². The van der Waals surface area contributed by atoms with Gasteiger partial charge in [-0.05, 0) is 37.3 Å². The fraction of sp³-hybridized carbons (Fsp3) is 0.133. The fourth-order valence-corrected chi connectivity index (χ4v) is 3.05. The van der Waals surface area contributed by atoms with E-state index >= 15 is 0 Å². The largest absolute Gasteiger partial charge is 0.492 e. The van der Waals surface area contributed by atoms with Gasteiger partial charge in [-0.25, -0.2) is 4.39 Å².